The topological polar surface area (TPSA) is 47.6 Å². The zero-order chi connectivity index (χ0) is 14.7. The lowest BCUT2D eigenvalue weighted by Gasteiger charge is -2.21. The number of alkyl halides is 1. The van der Waals surface area contributed by atoms with Gasteiger partial charge in [-0.3, -0.25) is 4.79 Å². The second-order valence-corrected chi connectivity index (χ2v) is 5.95. The minimum Gasteiger partial charge on any atom is -0.486 e. The summed E-state index contributed by atoms with van der Waals surface area (Å²) in [4.78, 5) is 12.4. The van der Waals surface area contributed by atoms with Crippen LogP contribution in [0, 0.1) is 11.8 Å². The highest BCUT2D eigenvalue weighted by Gasteiger charge is 2.27. The van der Waals surface area contributed by atoms with Gasteiger partial charge in [-0.2, -0.15) is 0 Å². The molecular formula is C16H20ClNO3. The fourth-order valence-corrected chi connectivity index (χ4v) is 3.56. The number of amides is 1. The summed E-state index contributed by atoms with van der Waals surface area (Å²) in [5, 5.41) is 3.02. The third kappa shape index (κ3) is 3.10. The average Bonchev–Trinajstić information content (AvgIpc) is 2.99. The quantitative estimate of drug-likeness (QED) is 0.870. The molecule has 0 saturated heterocycles. The van der Waals surface area contributed by atoms with Gasteiger partial charge in [0, 0.05) is 12.4 Å². The number of para-hydroxylation sites is 1. The van der Waals surface area contributed by atoms with Crippen LogP contribution < -0.4 is 14.8 Å². The van der Waals surface area contributed by atoms with E-state index in [1.165, 1.54) is 12.8 Å². The number of fused-ring (bicyclic) bond motifs is 1. The van der Waals surface area contributed by atoms with Crippen molar-refractivity contribution in [2.75, 3.05) is 25.6 Å². The summed E-state index contributed by atoms with van der Waals surface area (Å²) in [6, 6.07) is 5.42. The van der Waals surface area contributed by atoms with Crippen molar-refractivity contribution in [3.8, 4) is 11.5 Å². The first-order valence-electron chi connectivity index (χ1n) is 7.52. The zero-order valence-corrected chi connectivity index (χ0v) is 12.7. The number of carbonyl (C=O) groups is 1. The normalized spacial score (nSPS) is 23.9. The highest BCUT2D eigenvalue weighted by molar-refractivity contribution is 6.18. The molecule has 1 heterocycles. The van der Waals surface area contributed by atoms with Gasteiger partial charge in [-0.15, -0.1) is 11.6 Å². The lowest BCUT2D eigenvalue weighted by molar-refractivity contribution is 0.0933. The maximum Gasteiger partial charge on any atom is 0.255 e. The van der Waals surface area contributed by atoms with Gasteiger partial charge in [-0.25, -0.2) is 0 Å². The minimum absolute atomic E-state index is 0.0995. The Morgan fingerprint density at radius 3 is 2.90 bits per heavy atom. The van der Waals surface area contributed by atoms with Crippen LogP contribution in [-0.4, -0.2) is 31.5 Å². The van der Waals surface area contributed by atoms with Crippen LogP contribution in [0.1, 0.15) is 29.6 Å². The van der Waals surface area contributed by atoms with E-state index < -0.39 is 0 Å². The molecule has 2 aliphatic rings. The second kappa shape index (κ2) is 6.56. The Morgan fingerprint density at radius 2 is 2.05 bits per heavy atom. The minimum atomic E-state index is -0.0995. The Hall–Kier alpha value is -1.42. The number of benzene rings is 1. The summed E-state index contributed by atoms with van der Waals surface area (Å²) in [6.07, 6.45) is 3.52. The second-order valence-electron chi connectivity index (χ2n) is 5.65. The van der Waals surface area contributed by atoms with Gasteiger partial charge >= 0.3 is 0 Å². The number of hydrogen-bond acceptors (Lipinski definition) is 3. The number of carbonyl (C=O) groups excluding carboxylic acids is 1. The molecule has 2 atom stereocenters. The van der Waals surface area contributed by atoms with Crippen LogP contribution >= 0.6 is 11.6 Å². The van der Waals surface area contributed by atoms with Crippen molar-refractivity contribution in [3.63, 3.8) is 0 Å². The lowest BCUT2D eigenvalue weighted by atomic mass is 9.98. The first-order chi connectivity index (χ1) is 10.3. The molecule has 1 aromatic rings. The van der Waals surface area contributed by atoms with Gasteiger partial charge in [-0.05, 0) is 36.8 Å². The molecule has 1 amide bonds. The molecule has 0 spiro atoms. The van der Waals surface area contributed by atoms with Crippen molar-refractivity contribution in [1.29, 1.82) is 0 Å². The van der Waals surface area contributed by atoms with Crippen molar-refractivity contribution in [3.05, 3.63) is 23.8 Å². The smallest absolute Gasteiger partial charge is 0.255 e. The monoisotopic (exact) mass is 309 g/mol. The van der Waals surface area contributed by atoms with Crippen molar-refractivity contribution in [2.24, 2.45) is 11.8 Å². The van der Waals surface area contributed by atoms with Crippen LogP contribution in [0.15, 0.2) is 18.2 Å². The Bertz CT molecular complexity index is 520. The van der Waals surface area contributed by atoms with Crippen molar-refractivity contribution < 1.29 is 14.3 Å². The maximum absolute atomic E-state index is 12.4. The van der Waals surface area contributed by atoms with Gasteiger partial charge in [-0.1, -0.05) is 12.5 Å². The number of ether oxygens (including phenoxy) is 2. The molecule has 0 radical (unpaired) electrons. The van der Waals surface area contributed by atoms with Gasteiger partial charge in [0.25, 0.3) is 5.91 Å². The SMILES string of the molecule is O=C(NCC1CCCC1CCl)c1cccc2c1OCCO2. The summed E-state index contributed by atoms with van der Waals surface area (Å²) < 4.78 is 11.1. The number of hydrogen-bond donors (Lipinski definition) is 1. The van der Waals surface area contributed by atoms with Crippen LogP contribution in [0.3, 0.4) is 0 Å². The van der Waals surface area contributed by atoms with E-state index in [9.17, 15) is 4.79 Å². The molecule has 21 heavy (non-hydrogen) atoms. The van der Waals surface area contributed by atoms with E-state index >= 15 is 0 Å². The predicted molar refractivity (Wildman–Crippen MR) is 81.3 cm³/mol. The Labute approximate surface area is 129 Å². The molecule has 114 valence electrons. The maximum atomic E-state index is 12.4. The van der Waals surface area contributed by atoms with Gasteiger partial charge in [0.2, 0.25) is 0 Å². The van der Waals surface area contributed by atoms with Crippen molar-refractivity contribution in [2.45, 2.75) is 19.3 Å². The first-order valence-corrected chi connectivity index (χ1v) is 8.06. The van der Waals surface area contributed by atoms with Crippen LogP contribution in [0.4, 0.5) is 0 Å². The van der Waals surface area contributed by atoms with Crippen molar-refractivity contribution in [1.82, 2.24) is 5.32 Å². The van der Waals surface area contributed by atoms with Gasteiger partial charge in [0.1, 0.15) is 13.2 Å². The molecule has 4 nitrogen and oxygen atoms in total. The van der Waals surface area contributed by atoms with Crippen LogP contribution in [0.2, 0.25) is 0 Å². The van der Waals surface area contributed by atoms with E-state index in [0.29, 0.717) is 54.5 Å². The standard InChI is InChI=1S/C16H20ClNO3/c17-9-11-3-1-4-12(11)10-18-16(19)13-5-2-6-14-15(13)21-8-7-20-14/h2,5-6,11-12H,1,3-4,7-10H2,(H,18,19). The summed E-state index contributed by atoms with van der Waals surface area (Å²) >= 11 is 5.98. The van der Waals surface area contributed by atoms with Gasteiger partial charge < -0.3 is 14.8 Å². The van der Waals surface area contributed by atoms with E-state index in [0.717, 1.165) is 6.42 Å². The highest BCUT2D eigenvalue weighted by atomic mass is 35.5. The van der Waals surface area contributed by atoms with Gasteiger partial charge in [0.05, 0.1) is 5.56 Å². The molecule has 1 aromatic carbocycles. The molecule has 1 fully saturated rings. The summed E-state index contributed by atoms with van der Waals surface area (Å²) in [7, 11) is 0. The Morgan fingerprint density at radius 1 is 1.24 bits per heavy atom. The molecule has 3 rings (SSSR count). The third-order valence-electron chi connectivity index (χ3n) is 4.35. The molecule has 5 heteroatoms. The highest BCUT2D eigenvalue weighted by Crippen LogP contribution is 2.34. The third-order valence-corrected chi connectivity index (χ3v) is 4.75. The molecule has 0 bridgehead atoms. The van der Waals surface area contributed by atoms with Crippen LogP contribution in [-0.2, 0) is 0 Å². The van der Waals surface area contributed by atoms with E-state index in [-0.39, 0.29) is 5.91 Å². The summed E-state index contributed by atoms with van der Waals surface area (Å²) in [6.45, 7) is 1.69. The summed E-state index contributed by atoms with van der Waals surface area (Å²) in [5.41, 5.74) is 0.549. The van der Waals surface area contributed by atoms with Crippen molar-refractivity contribution >= 4 is 17.5 Å². The van der Waals surface area contributed by atoms with E-state index in [1.54, 1.807) is 6.07 Å². The van der Waals surface area contributed by atoms with E-state index in [4.69, 9.17) is 21.1 Å². The average molecular weight is 310 g/mol. The summed E-state index contributed by atoms with van der Waals surface area (Å²) in [5.74, 6) is 2.80. The molecular weight excluding hydrogens is 290 g/mol. The lowest BCUT2D eigenvalue weighted by Crippen LogP contribution is -2.32. The molecule has 2 unspecified atom stereocenters. The zero-order valence-electron chi connectivity index (χ0n) is 11.9. The molecule has 1 N–H and O–H groups in total. The van der Waals surface area contributed by atoms with E-state index in [2.05, 4.69) is 5.32 Å². The number of rotatable bonds is 4. The van der Waals surface area contributed by atoms with E-state index in [1.807, 2.05) is 12.1 Å². The predicted octanol–water partition coefficient (Wildman–Crippen LogP) is 2.84. The van der Waals surface area contributed by atoms with Crippen LogP contribution in [0.5, 0.6) is 11.5 Å². The largest absolute Gasteiger partial charge is 0.486 e. The molecule has 0 aromatic heterocycles. The fraction of sp³-hybridized carbons (Fsp3) is 0.562. The molecule has 1 aliphatic carbocycles. The molecule has 1 aliphatic heterocycles. The fourth-order valence-electron chi connectivity index (χ4n) is 3.16. The Balaban J connectivity index is 1.66. The number of halogens is 1. The van der Waals surface area contributed by atoms with Gasteiger partial charge in [0.15, 0.2) is 11.5 Å². The number of nitrogens with one attached hydrogen (secondary N) is 1. The molecule has 1 saturated carbocycles. The first kappa shape index (κ1) is 14.5. The van der Waals surface area contributed by atoms with Crippen LogP contribution in [0.25, 0.3) is 0 Å². The Kier molecular flexibility index (Phi) is 4.54.